The van der Waals surface area contributed by atoms with Gasteiger partial charge in [-0.15, -0.1) is 11.3 Å². The predicted octanol–water partition coefficient (Wildman–Crippen LogP) is 3.46. The fourth-order valence-electron chi connectivity index (χ4n) is 1.95. The molecule has 0 aliphatic heterocycles. The van der Waals surface area contributed by atoms with E-state index in [1.165, 1.54) is 23.5 Å². The smallest absolute Gasteiger partial charge is 0.251 e. The van der Waals surface area contributed by atoms with Crippen LogP contribution in [-0.4, -0.2) is 10.9 Å². The molecule has 0 saturated heterocycles. The highest BCUT2D eigenvalue weighted by molar-refractivity contribution is 7.19. The molecule has 0 atom stereocenters. The Morgan fingerprint density at radius 1 is 1.14 bits per heavy atom. The maximum Gasteiger partial charge on any atom is 0.251 e. The molecular formula is C16H11FN2OS. The van der Waals surface area contributed by atoms with E-state index < -0.39 is 5.91 Å². The average Bonchev–Trinajstić information content (AvgIpc) is 2.89. The van der Waals surface area contributed by atoms with Gasteiger partial charge in [-0.25, -0.2) is 9.37 Å². The second kappa shape index (κ2) is 5.46. The summed E-state index contributed by atoms with van der Waals surface area (Å²) in [5.41, 5.74) is 7.30. The highest BCUT2D eigenvalue weighted by Crippen LogP contribution is 2.28. The molecule has 0 aliphatic carbocycles. The number of thiazole rings is 1. The summed E-state index contributed by atoms with van der Waals surface area (Å²) < 4.78 is 13.9. The van der Waals surface area contributed by atoms with Crippen molar-refractivity contribution in [2.45, 2.75) is 0 Å². The monoisotopic (exact) mass is 298 g/mol. The van der Waals surface area contributed by atoms with E-state index >= 15 is 0 Å². The van der Waals surface area contributed by atoms with E-state index in [1.807, 2.05) is 24.3 Å². The van der Waals surface area contributed by atoms with Crippen molar-refractivity contribution >= 4 is 39.1 Å². The summed E-state index contributed by atoms with van der Waals surface area (Å²) in [6.07, 6.45) is 1.62. The summed E-state index contributed by atoms with van der Waals surface area (Å²) in [4.78, 5) is 16.1. The van der Waals surface area contributed by atoms with Gasteiger partial charge in [-0.05, 0) is 35.9 Å². The normalized spacial score (nSPS) is 11.8. The first-order valence-corrected chi connectivity index (χ1v) is 7.08. The van der Waals surface area contributed by atoms with E-state index in [-0.39, 0.29) is 5.82 Å². The molecular weight excluding hydrogens is 287 g/mol. The van der Waals surface area contributed by atoms with Crippen molar-refractivity contribution in [2.24, 2.45) is 5.73 Å². The average molecular weight is 298 g/mol. The number of hydrogen-bond acceptors (Lipinski definition) is 3. The van der Waals surface area contributed by atoms with E-state index in [4.69, 9.17) is 5.73 Å². The van der Waals surface area contributed by atoms with Crippen molar-refractivity contribution in [3.05, 3.63) is 64.9 Å². The van der Waals surface area contributed by atoms with E-state index in [0.717, 1.165) is 10.2 Å². The molecule has 1 aromatic heterocycles. The van der Waals surface area contributed by atoms with Gasteiger partial charge >= 0.3 is 0 Å². The lowest BCUT2D eigenvalue weighted by Gasteiger charge is -1.99. The Morgan fingerprint density at radius 2 is 1.86 bits per heavy atom. The van der Waals surface area contributed by atoms with Gasteiger partial charge in [-0.2, -0.15) is 0 Å². The van der Waals surface area contributed by atoms with E-state index in [9.17, 15) is 9.18 Å². The molecule has 3 aromatic rings. The minimum atomic E-state index is -0.557. The van der Waals surface area contributed by atoms with Crippen LogP contribution >= 0.6 is 11.3 Å². The number of para-hydroxylation sites is 1. The SMILES string of the molecule is NC(=O)/C(=C\c1ccc(F)cc1)c1nc2ccccc2s1. The van der Waals surface area contributed by atoms with Gasteiger partial charge in [0.15, 0.2) is 0 Å². The minimum Gasteiger partial charge on any atom is -0.366 e. The van der Waals surface area contributed by atoms with Crippen molar-refractivity contribution < 1.29 is 9.18 Å². The lowest BCUT2D eigenvalue weighted by Crippen LogP contribution is -2.12. The molecule has 0 aliphatic rings. The first-order valence-electron chi connectivity index (χ1n) is 6.26. The lowest BCUT2D eigenvalue weighted by molar-refractivity contribution is -0.112. The molecule has 104 valence electrons. The van der Waals surface area contributed by atoms with Crippen molar-refractivity contribution in [3.63, 3.8) is 0 Å². The van der Waals surface area contributed by atoms with Gasteiger partial charge in [-0.1, -0.05) is 24.3 Å². The van der Waals surface area contributed by atoms with Crippen molar-refractivity contribution in [3.8, 4) is 0 Å². The zero-order valence-electron chi connectivity index (χ0n) is 10.9. The molecule has 0 spiro atoms. The summed E-state index contributed by atoms with van der Waals surface area (Å²) in [5, 5.41) is 0.563. The van der Waals surface area contributed by atoms with Crippen LogP contribution in [0.3, 0.4) is 0 Å². The van der Waals surface area contributed by atoms with Crippen LogP contribution in [0, 0.1) is 5.82 Å². The number of primary amides is 1. The number of nitrogens with two attached hydrogens (primary N) is 1. The molecule has 3 rings (SSSR count). The number of carbonyl (C=O) groups excluding carboxylic acids is 1. The Balaban J connectivity index is 2.09. The molecule has 0 radical (unpaired) electrons. The summed E-state index contributed by atoms with van der Waals surface area (Å²) in [5.74, 6) is -0.883. The summed E-state index contributed by atoms with van der Waals surface area (Å²) in [6, 6.07) is 13.5. The molecule has 0 fully saturated rings. The first-order chi connectivity index (χ1) is 10.1. The number of halogens is 1. The summed E-state index contributed by atoms with van der Waals surface area (Å²) in [7, 11) is 0. The predicted molar refractivity (Wildman–Crippen MR) is 83.1 cm³/mol. The zero-order valence-corrected chi connectivity index (χ0v) is 11.7. The Morgan fingerprint density at radius 3 is 2.52 bits per heavy atom. The van der Waals surface area contributed by atoms with Crippen molar-refractivity contribution in [1.29, 1.82) is 0 Å². The Kier molecular flexibility index (Phi) is 3.50. The van der Waals surface area contributed by atoms with Crippen LogP contribution in [0.4, 0.5) is 4.39 Å². The van der Waals surface area contributed by atoms with Crippen LogP contribution < -0.4 is 5.73 Å². The molecule has 0 bridgehead atoms. The van der Waals surface area contributed by atoms with Crippen LogP contribution in [0.15, 0.2) is 48.5 Å². The number of rotatable bonds is 3. The molecule has 5 heteroatoms. The van der Waals surface area contributed by atoms with E-state index in [1.54, 1.807) is 18.2 Å². The van der Waals surface area contributed by atoms with Gasteiger partial charge in [0.1, 0.15) is 10.8 Å². The van der Waals surface area contributed by atoms with E-state index in [2.05, 4.69) is 4.98 Å². The van der Waals surface area contributed by atoms with Crippen LogP contribution in [0.1, 0.15) is 10.6 Å². The minimum absolute atomic E-state index is 0.322. The lowest BCUT2D eigenvalue weighted by atomic mass is 10.1. The van der Waals surface area contributed by atoms with Gasteiger partial charge in [0.25, 0.3) is 5.91 Å². The van der Waals surface area contributed by atoms with Gasteiger partial charge in [-0.3, -0.25) is 4.79 Å². The quantitative estimate of drug-likeness (QED) is 0.753. The van der Waals surface area contributed by atoms with Crippen LogP contribution in [0.5, 0.6) is 0 Å². The molecule has 1 amide bonds. The first kappa shape index (κ1) is 13.5. The van der Waals surface area contributed by atoms with Crippen LogP contribution in [0.25, 0.3) is 21.9 Å². The number of benzene rings is 2. The third kappa shape index (κ3) is 2.83. The second-order valence-corrected chi connectivity index (χ2v) is 5.49. The molecule has 3 nitrogen and oxygen atoms in total. The Hall–Kier alpha value is -2.53. The van der Waals surface area contributed by atoms with Crippen molar-refractivity contribution in [2.75, 3.05) is 0 Å². The summed E-state index contributed by atoms with van der Waals surface area (Å²) in [6.45, 7) is 0. The van der Waals surface area contributed by atoms with Gasteiger partial charge in [0.2, 0.25) is 0 Å². The summed E-state index contributed by atoms with van der Waals surface area (Å²) >= 11 is 1.40. The molecule has 21 heavy (non-hydrogen) atoms. The van der Waals surface area contributed by atoms with Crippen molar-refractivity contribution in [1.82, 2.24) is 4.98 Å². The fraction of sp³-hybridized carbons (Fsp3) is 0. The van der Waals surface area contributed by atoms with Gasteiger partial charge < -0.3 is 5.73 Å². The number of hydrogen-bond donors (Lipinski definition) is 1. The van der Waals surface area contributed by atoms with Crippen LogP contribution in [0.2, 0.25) is 0 Å². The van der Waals surface area contributed by atoms with Gasteiger partial charge in [0.05, 0.1) is 15.8 Å². The standard InChI is InChI=1S/C16H11FN2OS/c17-11-7-5-10(6-8-11)9-12(15(18)20)16-19-13-3-1-2-4-14(13)21-16/h1-9H,(H2,18,20)/b12-9+. The largest absolute Gasteiger partial charge is 0.366 e. The van der Waals surface area contributed by atoms with E-state index in [0.29, 0.717) is 16.1 Å². The molecule has 0 unspecified atom stereocenters. The topological polar surface area (TPSA) is 56.0 Å². The number of amides is 1. The molecule has 2 aromatic carbocycles. The fourth-order valence-corrected chi connectivity index (χ4v) is 2.94. The number of nitrogens with zero attached hydrogens (tertiary/aromatic N) is 1. The second-order valence-electron chi connectivity index (χ2n) is 4.46. The Bertz CT molecular complexity index is 804. The molecule has 1 heterocycles. The maximum absolute atomic E-state index is 12.9. The third-order valence-electron chi connectivity index (χ3n) is 2.97. The molecule has 2 N–H and O–H groups in total. The molecule has 0 saturated carbocycles. The highest BCUT2D eigenvalue weighted by Gasteiger charge is 2.13. The maximum atomic E-state index is 12.9. The Labute approximate surface area is 124 Å². The van der Waals surface area contributed by atoms with Crippen LogP contribution in [-0.2, 0) is 4.79 Å². The third-order valence-corrected chi connectivity index (χ3v) is 4.04. The zero-order chi connectivity index (χ0) is 14.8. The van der Waals surface area contributed by atoms with Gasteiger partial charge in [0, 0.05) is 0 Å². The number of carbonyl (C=O) groups is 1. The number of fused-ring (bicyclic) bond motifs is 1. The number of aromatic nitrogens is 1. The highest BCUT2D eigenvalue weighted by atomic mass is 32.1.